The van der Waals surface area contributed by atoms with E-state index in [1.165, 1.54) is 4.90 Å². The van der Waals surface area contributed by atoms with Gasteiger partial charge in [0.05, 0.1) is 23.8 Å². The van der Waals surface area contributed by atoms with E-state index in [1.807, 2.05) is 0 Å². The highest BCUT2D eigenvalue weighted by atomic mass is 127. The van der Waals surface area contributed by atoms with Crippen LogP contribution in [0.2, 0.25) is 0 Å². The third-order valence-corrected chi connectivity index (χ3v) is 6.04. The van der Waals surface area contributed by atoms with Crippen molar-refractivity contribution in [2.24, 2.45) is 4.99 Å². The summed E-state index contributed by atoms with van der Waals surface area (Å²) in [6.45, 7) is 7.03. The summed E-state index contributed by atoms with van der Waals surface area (Å²) in [5.41, 5.74) is 1.01. The number of rotatable bonds is 7. The fourth-order valence-electron chi connectivity index (χ4n) is 4.42. The molecule has 1 aromatic rings. The van der Waals surface area contributed by atoms with Crippen LogP contribution in [-0.4, -0.2) is 85.7 Å². The van der Waals surface area contributed by atoms with Crippen molar-refractivity contribution in [3.63, 3.8) is 0 Å². The molecule has 3 aliphatic rings. The lowest BCUT2D eigenvalue weighted by atomic mass is 10.1. The number of halogens is 1. The van der Waals surface area contributed by atoms with Crippen LogP contribution in [0.5, 0.6) is 0 Å². The molecule has 1 N–H and O–H groups in total. The zero-order valence-electron chi connectivity index (χ0n) is 18.6. The Balaban J connectivity index is 0.00000289. The Labute approximate surface area is 206 Å². The van der Waals surface area contributed by atoms with E-state index in [9.17, 15) is 9.59 Å². The van der Waals surface area contributed by atoms with Gasteiger partial charge in [-0.05, 0) is 44.7 Å². The molecule has 176 valence electrons. The number of carbonyl (C=O) groups is 2. The van der Waals surface area contributed by atoms with E-state index in [1.54, 1.807) is 24.3 Å². The van der Waals surface area contributed by atoms with Crippen LogP contribution in [0.15, 0.2) is 29.3 Å². The molecule has 2 unspecified atom stereocenters. The quantitative estimate of drug-likeness (QED) is 0.183. The highest BCUT2D eigenvalue weighted by Gasteiger charge is 2.34. The van der Waals surface area contributed by atoms with Gasteiger partial charge in [-0.3, -0.25) is 19.5 Å². The average Bonchev–Trinajstić information content (AvgIpc) is 3.42. The number of nitrogens with one attached hydrogen (secondary N) is 1. The minimum Gasteiger partial charge on any atom is -0.375 e. The van der Waals surface area contributed by atoms with E-state index in [2.05, 4.69) is 17.1 Å². The van der Waals surface area contributed by atoms with Crippen molar-refractivity contribution in [3.8, 4) is 0 Å². The van der Waals surface area contributed by atoms with Crippen molar-refractivity contribution in [1.29, 1.82) is 0 Å². The number of hydrogen-bond donors (Lipinski definition) is 1. The predicted molar refractivity (Wildman–Crippen MR) is 133 cm³/mol. The second-order valence-corrected chi connectivity index (χ2v) is 8.16. The number of imide groups is 1. The SMILES string of the molecule is CCNC(=NCCCCN1C(=O)c2ccccc2C1=O)N1CCOC(C2CCCO2)C1.I. The monoisotopic (exact) mass is 556 g/mol. The van der Waals surface area contributed by atoms with E-state index in [0.29, 0.717) is 30.8 Å². The maximum absolute atomic E-state index is 12.4. The second kappa shape index (κ2) is 11.9. The van der Waals surface area contributed by atoms with Crippen LogP contribution in [0.25, 0.3) is 0 Å². The molecule has 0 spiro atoms. The van der Waals surface area contributed by atoms with E-state index in [0.717, 1.165) is 57.9 Å². The van der Waals surface area contributed by atoms with Gasteiger partial charge < -0.3 is 19.7 Å². The van der Waals surface area contributed by atoms with Gasteiger partial charge in [-0.25, -0.2) is 0 Å². The summed E-state index contributed by atoms with van der Waals surface area (Å²) in [5, 5.41) is 3.38. The number of guanidine groups is 1. The number of unbranched alkanes of at least 4 members (excludes halogenated alkanes) is 1. The Morgan fingerprint density at radius 1 is 1.09 bits per heavy atom. The standard InChI is InChI=1S/C23H32N4O4.HI/c1-2-24-23(26-13-15-31-20(16-26)19-10-7-14-30-19)25-11-5-6-12-27-21(28)17-8-3-4-9-18(17)22(27)29;/h3-4,8-9,19-20H,2,5-7,10-16H2,1H3,(H,24,25);1H. The van der Waals surface area contributed by atoms with Crippen LogP contribution >= 0.6 is 24.0 Å². The number of nitrogens with zero attached hydrogens (tertiary/aromatic N) is 3. The maximum atomic E-state index is 12.4. The van der Waals surface area contributed by atoms with Gasteiger partial charge in [-0.15, -0.1) is 24.0 Å². The second-order valence-electron chi connectivity index (χ2n) is 8.16. The minimum absolute atomic E-state index is 0. The summed E-state index contributed by atoms with van der Waals surface area (Å²) in [7, 11) is 0. The molecule has 2 atom stereocenters. The summed E-state index contributed by atoms with van der Waals surface area (Å²) in [6.07, 6.45) is 3.98. The summed E-state index contributed by atoms with van der Waals surface area (Å²) >= 11 is 0. The van der Waals surface area contributed by atoms with Gasteiger partial charge >= 0.3 is 0 Å². The van der Waals surface area contributed by atoms with Gasteiger partial charge in [0, 0.05) is 39.3 Å². The molecule has 1 aromatic carbocycles. The Morgan fingerprint density at radius 2 is 1.81 bits per heavy atom. The van der Waals surface area contributed by atoms with Gasteiger partial charge in [0.25, 0.3) is 11.8 Å². The lowest BCUT2D eigenvalue weighted by Crippen LogP contribution is -2.53. The first-order valence-corrected chi connectivity index (χ1v) is 11.4. The zero-order chi connectivity index (χ0) is 21.6. The summed E-state index contributed by atoms with van der Waals surface area (Å²) < 4.78 is 11.8. The summed E-state index contributed by atoms with van der Waals surface area (Å²) in [6, 6.07) is 7.02. The lowest BCUT2D eigenvalue weighted by molar-refractivity contribution is -0.0817. The minimum atomic E-state index is -0.189. The van der Waals surface area contributed by atoms with Crippen LogP contribution in [0.3, 0.4) is 0 Å². The first-order valence-electron chi connectivity index (χ1n) is 11.4. The Kier molecular flexibility index (Phi) is 9.30. The molecule has 0 aliphatic carbocycles. The van der Waals surface area contributed by atoms with Crippen LogP contribution in [-0.2, 0) is 9.47 Å². The fourth-order valence-corrected chi connectivity index (χ4v) is 4.42. The van der Waals surface area contributed by atoms with Crippen molar-refractivity contribution in [3.05, 3.63) is 35.4 Å². The van der Waals surface area contributed by atoms with Gasteiger partial charge in [0.15, 0.2) is 5.96 Å². The zero-order valence-corrected chi connectivity index (χ0v) is 21.0. The van der Waals surface area contributed by atoms with Crippen molar-refractivity contribution in [2.45, 2.75) is 44.8 Å². The van der Waals surface area contributed by atoms with Crippen LogP contribution in [0.1, 0.15) is 53.3 Å². The summed E-state index contributed by atoms with van der Waals surface area (Å²) in [4.78, 5) is 33.3. The van der Waals surface area contributed by atoms with E-state index >= 15 is 0 Å². The Bertz CT molecular complexity index is 793. The highest BCUT2D eigenvalue weighted by molar-refractivity contribution is 14.0. The molecule has 8 nitrogen and oxygen atoms in total. The number of fused-ring (bicyclic) bond motifs is 1. The number of hydrogen-bond acceptors (Lipinski definition) is 5. The molecule has 2 fully saturated rings. The maximum Gasteiger partial charge on any atom is 0.261 e. The lowest BCUT2D eigenvalue weighted by Gasteiger charge is -2.37. The molecule has 3 aliphatic heterocycles. The third-order valence-electron chi connectivity index (χ3n) is 6.04. The average molecular weight is 556 g/mol. The van der Waals surface area contributed by atoms with Crippen LogP contribution in [0, 0.1) is 0 Å². The number of aliphatic imine (C=N–C) groups is 1. The van der Waals surface area contributed by atoms with Crippen LogP contribution in [0.4, 0.5) is 0 Å². The smallest absolute Gasteiger partial charge is 0.261 e. The van der Waals surface area contributed by atoms with Crippen molar-refractivity contribution < 1.29 is 19.1 Å². The molecule has 0 bridgehead atoms. The number of ether oxygens (including phenoxy) is 2. The van der Waals surface area contributed by atoms with E-state index in [4.69, 9.17) is 14.5 Å². The third kappa shape index (κ3) is 5.60. The van der Waals surface area contributed by atoms with Gasteiger partial charge in [-0.2, -0.15) is 0 Å². The van der Waals surface area contributed by atoms with E-state index < -0.39 is 0 Å². The molecule has 3 heterocycles. The molecule has 0 radical (unpaired) electrons. The summed E-state index contributed by atoms with van der Waals surface area (Å²) in [5.74, 6) is 0.520. The molecule has 2 saturated heterocycles. The van der Waals surface area contributed by atoms with E-state index in [-0.39, 0.29) is 48.0 Å². The van der Waals surface area contributed by atoms with Crippen LogP contribution < -0.4 is 5.32 Å². The molecular weight excluding hydrogens is 523 g/mol. The fraction of sp³-hybridized carbons (Fsp3) is 0.609. The Morgan fingerprint density at radius 3 is 2.47 bits per heavy atom. The highest BCUT2D eigenvalue weighted by Crippen LogP contribution is 2.23. The van der Waals surface area contributed by atoms with Crippen molar-refractivity contribution >= 4 is 41.8 Å². The molecule has 4 rings (SSSR count). The predicted octanol–water partition coefficient (Wildman–Crippen LogP) is 2.53. The van der Waals surface area contributed by atoms with Gasteiger partial charge in [0.1, 0.15) is 6.10 Å². The largest absolute Gasteiger partial charge is 0.375 e. The molecule has 32 heavy (non-hydrogen) atoms. The van der Waals surface area contributed by atoms with Gasteiger partial charge in [0.2, 0.25) is 0 Å². The number of morpholine rings is 1. The van der Waals surface area contributed by atoms with Gasteiger partial charge in [-0.1, -0.05) is 12.1 Å². The topological polar surface area (TPSA) is 83.5 Å². The number of benzene rings is 1. The molecular formula is C23H33IN4O4. The Hall–Kier alpha value is -1.72. The molecule has 9 heteroatoms. The normalized spacial score (nSPS) is 23.3. The number of amides is 2. The molecule has 2 amide bonds. The molecule has 0 aromatic heterocycles. The first kappa shape index (κ1) is 24.9. The van der Waals surface area contributed by atoms with Crippen molar-refractivity contribution in [2.75, 3.05) is 45.9 Å². The van der Waals surface area contributed by atoms with Crippen molar-refractivity contribution in [1.82, 2.24) is 15.1 Å². The number of carbonyl (C=O) groups excluding carboxylic acids is 2. The molecule has 0 saturated carbocycles. The first-order chi connectivity index (χ1) is 15.2.